The van der Waals surface area contributed by atoms with Gasteiger partial charge >= 0.3 is 0 Å². The summed E-state index contributed by atoms with van der Waals surface area (Å²) in [6, 6.07) is 0.608. The van der Waals surface area contributed by atoms with Crippen molar-refractivity contribution in [3.8, 4) is 0 Å². The average molecular weight is 443 g/mol. The zero-order chi connectivity index (χ0) is 21.0. The lowest BCUT2D eigenvalue weighted by Gasteiger charge is -2.54. The van der Waals surface area contributed by atoms with Crippen LogP contribution in [-0.2, 0) is 10.0 Å². The molecule has 0 heterocycles. The van der Waals surface area contributed by atoms with E-state index in [0.717, 1.165) is 48.1 Å². The molecule has 0 amide bonds. The largest absolute Gasteiger partial charge is 0.312 e. The molecule has 29 heavy (non-hydrogen) atoms. The van der Waals surface area contributed by atoms with Crippen LogP contribution in [-0.4, -0.2) is 44.2 Å². The molecule has 0 aromatic rings. The fourth-order valence-electron chi connectivity index (χ4n) is 6.00. The molecular formula is C23H39ClN2O2S. The van der Waals surface area contributed by atoms with Gasteiger partial charge < -0.3 is 5.32 Å². The summed E-state index contributed by atoms with van der Waals surface area (Å²) in [7, 11) is -3.20. The molecule has 0 saturated heterocycles. The monoisotopic (exact) mass is 442 g/mol. The van der Waals surface area contributed by atoms with Crippen LogP contribution in [0.5, 0.6) is 0 Å². The second-order valence-corrected chi connectivity index (χ2v) is 12.4. The third-order valence-electron chi connectivity index (χ3n) is 7.33. The number of hydrogen-bond donors (Lipinski definition) is 1. The number of halogens is 1. The van der Waals surface area contributed by atoms with Crippen molar-refractivity contribution in [1.82, 2.24) is 9.62 Å². The molecule has 0 atom stereocenters. The quantitative estimate of drug-likeness (QED) is 0.462. The van der Waals surface area contributed by atoms with Crippen LogP contribution in [0.3, 0.4) is 0 Å². The maximum absolute atomic E-state index is 12.6. The normalized spacial score (nSPS) is 32.4. The Kier molecular flexibility index (Phi) is 8.28. The highest BCUT2D eigenvalue weighted by molar-refractivity contribution is 7.89. The molecule has 1 N–H and O–H groups in total. The van der Waals surface area contributed by atoms with Crippen LogP contribution in [0.1, 0.15) is 65.7 Å². The molecule has 166 valence electrons. The number of hydrogen-bond acceptors (Lipinski definition) is 3. The van der Waals surface area contributed by atoms with Crippen LogP contribution in [0, 0.1) is 23.7 Å². The highest BCUT2D eigenvalue weighted by Gasteiger charge is 2.47. The standard InChI is InChI=1S/C23H39ClN2O2S/c1-4-29(27,28)26(10-8-17(2)6-5-7-18(3)24)11-9-25-23-21-13-19-12-20(15-21)16-22(23)14-19/h7-8,19-23,25H,4-6,9-16H2,1-3H3/b17-8+,18-7+. The molecule has 4 aliphatic rings. The third-order valence-corrected chi connectivity index (χ3v) is 9.34. The highest BCUT2D eigenvalue weighted by Crippen LogP contribution is 2.53. The fraction of sp³-hybridized carbons (Fsp3) is 0.826. The second kappa shape index (κ2) is 10.3. The molecule has 4 aliphatic carbocycles. The number of allylic oxidation sites excluding steroid dienone is 3. The minimum Gasteiger partial charge on any atom is -0.312 e. The van der Waals surface area contributed by atoms with E-state index in [9.17, 15) is 8.42 Å². The number of nitrogens with one attached hydrogen (secondary N) is 1. The van der Waals surface area contributed by atoms with Gasteiger partial charge in [0.05, 0.1) is 5.75 Å². The van der Waals surface area contributed by atoms with Gasteiger partial charge in [0.25, 0.3) is 0 Å². The zero-order valence-corrected chi connectivity index (χ0v) is 19.9. The lowest BCUT2D eigenvalue weighted by molar-refractivity contribution is -0.0136. The van der Waals surface area contributed by atoms with Crippen molar-refractivity contribution in [3.63, 3.8) is 0 Å². The molecule has 4 nitrogen and oxygen atoms in total. The van der Waals surface area contributed by atoms with Crippen LogP contribution in [0.15, 0.2) is 22.8 Å². The van der Waals surface area contributed by atoms with Crippen LogP contribution in [0.4, 0.5) is 0 Å². The van der Waals surface area contributed by atoms with Gasteiger partial charge in [-0.25, -0.2) is 8.42 Å². The predicted molar refractivity (Wildman–Crippen MR) is 122 cm³/mol. The van der Waals surface area contributed by atoms with Gasteiger partial charge in [-0.05, 0) is 89.4 Å². The zero-order valence-electron chi connectivity index (χ0n) is 18.4. The Morgan fingerprint density at radius 1 is 1.07 bits per heavy atom. The molecular weight excluding hydrogens is 404 g/mol. The van der Waals surface area contributed by atoms with Crippen LogP contribution >= 0.6 is 11.6 Å². The summed E-state index contributed by atoms with van der Waals surface area (Å²) in [6.45, 7) is 7.47. The maximum Gasteiger partial charge on any atom is 0.214 e. The lowest BCUT2D eigenvalue weighted by atomic mass is 9.54. The van der Waals surface area contributed by atoms with Gasteiger partial charge in [-0.3, -0.25) is 0 Å². The van der Waals surface area contributed by atoms with E-state index in [1.807, 2.05) is 13.0 Å². The van der Waals surface area contributed by atoms with E-state index in [1.165, 1.54) is 37.7 Å². The minimum atomic E-state index is -3.20. The highest BCUT2D eigenvalue weighted by atomic mass is 35.5. The summed E-state index contributed by atoms with van der Waals surface area (Å²) in [5.41, 5.74) is 1.21. The first kappa shape index (κ1) is 23.3. The third kappa shape index (κ3) is 6.32. The van der Waals surface area contributed by atoms with Gasteiger partial charge in [-0.2, -0.15) is 4.31 Å². The molecule has 0 radical (unpaired) electrons. The summed E-state index contributed by atoms with van der Waals surface area (Å²) < 4.78 is 26.8. The van der Waals surface area contributed by atoms with Gasteiger partial charge in [0, 0.05) is 30.7 Å². The molecule has 0 aromatic carbocycles. The van der Waals surface area contributed by atoms with Gasteiger partial charge in [-0.15, -0.1) is 0 Å². The van der Waals surface area contributed by atoms with Gasteiger partial charge in [0.15, 0.2) is 0 Å². The average Bonchev–Trinajstić information content (AvgIpc) is 2.65. The summed E-state index contributed by atoms with van der Waals surface area (Å²) >= 11 is 5.88. The predicted octanol–water partition coefficient (Wildman–Crippen LogP) is 4.92. The van der Waals surface area contributed by atoms with Crippen molar-refractivity contribution < 1.29 is 8.42 Å². The van der Waals surface area contributed by atoms with Crippen molar-refractivity contribution in [3.05, 3.63) is 22.8 Å². The van der Waals surface area contributed by atoms with Gasteiger partial charge in [-0.1, -0.05) is 29.3 Å². The summed E-state index contributed by atoms with van der Waals surface area (Å²) in [6.07, 6.45) is 12.9. The molecule has 4 saturated carbocycles. The topological polar surface area (TPSA) is 49.4 Å². The molecule has 0 unspecified atom stereocenters. The van der Waals surface area contributed by atoms with Crippen LogP contribution < -0.4 is 5.32 Å². The van der Waals surface area contributed by atoms with E-state index >= 15 is 0 Å². The first-order valence-corrected chi connectivity index (χ1v) is 13.5. The Labute approximate surface area is 183 Å². The maximum atomic E-state index is 12.6. The Hall–Kier alpha value is -0.360. The molecule has 0 aliphatic heterocycles. The van der Waals surface area contributed by atoms with E-state index < -0.39 is 10.0 Å². The smallest absolute Gasteiger partial charge is 0.214 e. The van der Waals surface area contributed by atoms with E-state index in [2.05, 4.69) is 18.3 Å². The summed E-state index contributed by atoms with van der Waals surface area (Å²) in [4.78, 5) is 0. The van der Waals surface area contributed by atoms with Crippen molar-refractivity contribution >= 4 is 21.6 Å². The lowest BCUT2D eigenvalue weighted by Crippen LogP contribution is -2.55. The van der Waals surface area contributed by atoms with Crippen molar-refractivity contribution in [2.75, 3.05) is 25.4 Å². The van der Waals surface area contributed by atoms with E-state index in [1.54, 1.807) is 11.2 Å². The second-order valence-electron chi connectivity index (χ2n) is 9.55. The first-order chi connectivity index (χ1) is 13.8. The molecule has 4 rings (SSSR count). The van der Waals surface area contributed by atoms with Gasteiger partial charge in [0.2, 0.25) is 10.0 Å². The Bertz CT molecular complexity index is 684. The Morgan fingerprint density at radius 2 is 1.69 bits per heavy atom. The molecule has 0 spiro atoms. The number of rotatable bonds is 11. The molecule has 4 fully saturated rings. The first-order valence-electron chi connectivity index (χ1n) is 11.5. The fourth-order valence-corrected chi connectivity index (χ4v) is 7.14. The van der Waals surface area contributed by atoms with Crippen LogP contribution in [0.25, 0.3) is 0 Å². The van der Waals surface area contributed by atoms with Crippen molar-refractivity contribution in [1.29, 1.82) is 0 Å². The molecule has 0 aromatic heterocycles. The number of sulfonamides is 1. The minimum absolute atomic E-state index is 0.159. The van der Waals surface area contributed by atoms with E-state index in [4.69, 9.17) is 11.6 Å². The number of nitrogens with zero attached hydrogens (tertiary/aromatic N) is 1. The van der Waals surface area contributed by atoms with Gasteiger partial charge in [0.1, 0.15) is 0 Å². The Morgan fingerprint density at radius 3 is 2.24 bits per heavy atom. The molecule has 6 heteroatoms. The van der Waals surface area contributed by atoms with Crippen LogP contribution in [0.2, 0.25) is 0 Å². The molecule has 4 bridgehead atoms. The van der Waals surface area contributed by atoms with Crippen molar-refractivity contribution in [2.24, 2.45) is 23.7 Å². The summed E-state index contributed by atoms with van der Waals surface area (Å²) in [5, 5.41) is 4.59. The SMILES string of the molecule is CCS(=O)(=O)N(C/C=C(\C)CC/C=C(\C)Cl)CCNC1C2CC3CC(C2)CC1C3. The van der Waals surface area contributed by atoms with E-state index in [0.29, 0.717) is 19.1 Å². The Balaban J connectivity index is 1.51. The van der Waals surface area contributed by atoms with Crippen molar-refractivity contribution in [2.45, 2.75) is 71.8 Å². The summed E-state index contributed by atoms with van der Waals surface area (Å²) in [5.74, 6) is 3.74. The van der Waals surface area contributed by atoms with E-state index in [-0.39, 0.29) is 5.75 Å².